The molecular weight excluding hydrogens is 432 g/mol. The summed E-state index contributed by atoms with van der Waals surface area (Å²) in [6, 6.07) is 7.43. The van der Waals surface area contributed by atoms with E-state index in [1.165, 1.54) is 12.8 Å². The zero-order chi connectivity index (χ0) is 22.4. The number of thiophene rings is 1. The Morgan fingerprint density at radius 3 is 2.65 bits per heavy atom. The molecule has 4 rings (SSSR count). The molecule has 0 spiro atoms. The van der Waals surface area contributed by atoms with E-state index in [4.69, 9.17) is 16.3 Å². The molecule has 5 nitrogen and oxygen atoms in total. The highest BCUT2D eigenvalue weighted by atomic mass is 35.5. The van der Waals surface area contributed by atoms with Gasteiger partial charge in [-0.3, -0.25) is 9.79 Å². The topological polar surface area (TPSA) is 70.9 Å². The zero-order valence-electron chi connectivity index (χ0n) is 17.6. The Bertz CT molecular complexity index is 990. The van der Waals surface area contributed by atoms with Crippen molar-refractivity contribution >= 4 is 47.3 Å². The molecule has 31 heavy (non-hydrogen) atoms. The van der Waals surface area contributed by atoms with E-state index in [9.17, 15) is 9.90 Å². The van der Waals surface area contributed by atoms with E-state index < -0.39 is 0 Å². The lowest BCUT2D eigenvalue weighted by molar-refractivity contribution is -0.105. The van der Waals surface area contributed by atoms with Gasteiger partial charge in [0.05, 0.1) is 17.7 Å². The molecule has 2 saturated carbocycles. The van der Waals surface area contributed by atoms with Gasteiger partial charge >= 0.3 is 0 Å². The van der Waals surface area contributed by atoms with Gasteiger partial charge in [-0.15, -0.1) is 11.3 Å². The molecule has 0 aliphatic heterocycles. The second-order valence-electron chi connectivity index (χ2n) is 7.74. The third-order valence-corrected chi connectivity index (χ3v) is 6.75. The van der Waals surface area contributed by atoms with Gasteiger partial charge in [0.2, 0.25) is 6.41 Å². The number of aliphatic hydroxyl groups excluding tert-OH is 1. The quantitative estimate of drug-likeness (QED) is 0.283. The molecule has 1 heterocycles. The summed E-state index contributed by atoms with van der Waals surface area (Å²) in [7, 11) is 1.76. The van der Waals surface area contributed by atoms with Crippen molar-refractivity contribution < 1.29 is 14.6 Å². The van der Waals surface area contributed by atoms with E-state index in [-0.39, 0.29) is 12.0 Å². The third-order valence-electron chi connectivity index (χ3n) is 5.47. The first-order chi connectivity index (χ1) is 15.0. The summed E-state index contributed by atoms with van der Waals surface area (Å²) in [5.74, 6) is 0. The molecule has 1 aromatic carbocycles. The highest BCUT2D eigenvalue weighted by Crippen LogP contribution is 2.52. The van der Waals surface area contributed by atoms with Crippen LogP contribution in [0.4, 0.5) is 5.69 Å². The van der Waals surface area contributed by atoms with E-state index in [2.05, 4.69) is 23.6 Å². The minimum absolute atomic E-state index is 0.0802. The summed E-state index contributed by atoms with van der Waals surface area (Å²) in [4.78, 5) is 15.6. The number of aliphatic hydroxyl groups is 1. The van der Waals surface area contributed by atoms with Crippen LogP contribution in [0.1, 0.15) is 31.2 Å². The van der Waals surface area contributed by atoms with Gasteiger partial charge in [0, 0.05) is 34.3 Å². The third kappa shape index (κ3) is 5.92. The van der Waals surface area contributed by atoms with Gasteiger partial charge in [-0.1, -0.05) is 18.2 Å². The largest absolute Gasteiger partial charge is 0.395 e. The van der Waals surface area contributed by atoms with Crippen molar-refractivity contribution in [3.63, 3.8) is 0 Å². The summed E-state index contributed by atoms with van der Waals surface area (Å²) in [6.07, 6.45) is 7.58. The number of rotatable bonds is 9. The Hall–Kier alpha value is -2.25. The van der Waals surface area contributed by atoms with Gasteiger partial charge in [-0.2, -0.15) is 0 Å². The molecule has 1 aromatic heterocycles. The van der Waals surface area contributed by atoms with Crippen LogP contribution in [-0.4, -0.2) is 38.1 Å². The molecule has 2 aliphatic carbocycles. The fraction of sp³-hybridized carbons (Fsp3) is 0.333. The number of hydrogen-bond donors (Lipinski definition) is 2. The van der Waals surface area contributed by atoms with Crippen molar-refractivity contribution in [3.8, 4) is 10.4 Å². The van der Waals surface area contributed by atoms with E-state index >= 15 is 0 Å². The molecule has 2 aromatic rings. The van der Waals surface area contributed by atoms with E-state index in [0.717, 1.165) is 40.1 Å². The number of aliphatic imine (C=N–C) groups is 1. The highest BCUT2D eigenvalue weighted by Gasteiger charge is 2.45. The Kier molecular flexibility index (Phi) is 7.84. The maximum absolute atomic E-state index is 10.5. The van der Waals surface area contributed by atoms with E-state index in [0.29, 0.717) is 23.2 Å². The number of methoxy groups -OCH3 is 1. The normalized spacial score (nSPS) is 16.7. The van der Waals surface area contributed by atoms with Crippen molar-refractivity contribution in [1.29, 1.82) is 0 Å². The van der Waals surface area contributed by atoms with Gasteiger partial charge in [-0.25, -0.2) is 0 Å². The molecule has 2 aliphatic rings. The van der Waals surface area contributed by atoms with Crippen LogP contribution in [0.25, 0.3) is 16.0 Å². The minimum atomic E-state index is -0.242. The van der Waals surface area contributed by atoms with Gasteiger partial charge in [-0.05, 0) is 79.3 Å². The average molecular weight is 459 g/mol. The number of anilines is 1. The fourth-order valence-electron chi connectivity index (χ4n) is 3.08. The molecule has 164 valence electrons. The number of carbonyl (C=O) groups excluding carboxylic acids is 1. The Morgan fingerprint density at radius 2 is 2.16 bits per heavy atom. The van der Waals surface area contributed by atoms with Crippen molar-refractivity contribution in [1.82, 2.24) is 0 Å². The number of benzene rings is 1. The number of nitrogens with zero attached hydrogens (tertiary/aromatic N) is 1. The van der Waals surface area contributed by atoms with E-state index in [1.807, 2.05) is 29.7 Å². The first-order valence-electron chi connectivity index (χ1n) is 10.1. The summed E-state index contributed by atoms with van der Waals surface area (Å²) >= 11 is 7.92. The van der Waals surface area contributed by atoms with E-state index in [1.54, 1.807) is 24.5 Å². The summed E-state index contributed by atoms with van der Waals surface area (Å²) in [5.41, 5.74) is 3.90. The van der Waals surface area contributed by atoms with Crippen molar-refractivity contribution in [2.75, 3.05) is 19.0 Å². The predicted octanol–water partition coefficient (Wildman–Crippen LogP) is 5.80. The second-order valence-corrected chi connectivity index (χ2v) is 9.06. The van der Waals surface area contributed by atoms with Crippen LogP contribution in [0.15, 0.2) is 53.0 Å². The molecule has 2 N–H and O–H groups in total. The predicted molar refractivity (Wildman–Crippen MR) is 130 cm³/mol. The number of hydrogen-bond acceptors (Lipinski definition) is 5. The molecule has 0 radical (unpaired) electrons. The number of allylic oxidation sites excluding steroid dienone is 2. The molecule has 0 saturated heterocycles. The molecule has 1 amide bonds. The lowest BCUT2D eigenvalue weighted by Gasteiger charge is -2.12. The van der Waals surface area contributed by atoms with Crippen LogP contribution in [-0.2, 0) is 9.53 Å². The van der Waals surface area contributed by atoms with Crippen molar-refractivity contribution in [3.05, 3.63) is 58.6 Å². The van der Waals surface area contributed by atoms with Gasteiger partial charge < -0.3 is 15.2 Å². The second kappa shape index (κ2) is 10.4. The Morgan fingerprint density at radius 1 is 1.42 bits per heavy atom. The lowest BCUT2D eigenvalue weighted by atomic mass is 10.00. The number of halogens is 1. The summed E-state index contributed by atoms with van der Waals surface area (Å²) in [6.45, 7) is 7.85. The molecule has 0 unspecified atom stereocenters. The maximum Gasteiger partial charge on any atom is 0.211 e. The fourth-order valence-corrected chi connectivity index (χ4v) is 4.40. The SMILES string of the molecule is C=N/C(=C\C(=C)c1csc(-c2ccc(NC=O)cc2Cl)c1)C1(CO)CC1.COC1CC1. The Balaban J connectivity index is 0.000000478. The van der Waals surface area contributed by atoms with Crippen molar-refractivity contribution in [2.24, 2.45) is 10.4 Å². The molecule has 0 bridgehead atoms. The molecule has 2 fully saturated rings. The standard InChI is InChI=1S/C20H19ClN2O2S.C4H8O/c1-13(7-19(22-2)20(11-24)5-6-20)14-8-18(26-10-14)16-4-3-15(23-12-25)9-17(16)21;1-5-4-2-3-4/h3-4,7-10,12,24H,1-2,5-6,11H2,(H,23,25);4H,2-3H2,1H3/b19-7-;. The minimum Gasteiger partial charge on any atom is -0.395 e. The van der Waals surface area contributed by atoms with Crippen LogP contribution in [0, 0.1) is 5.41 Å². The average Bonchev–Trinajstić information content (AvgIpc) is 3.70. The number of ether oxygens (including phenoxy) is 1. The summed E-state index contributed by atoms with van der Waals surface area (Å²) < 4.78 is 4.86. The lowest BCUT2D eigenvalue weighted by Crippen LogP contribution is -2.08. The molecule has 7 heteroatoms. The number of nitrogens with one attached hydrogen (secondary N) is 1. The van der Waals surface area contributed by atoms with Crippen LogP contribution in [0.5, 0.6) is 0 Å². The van der Waals surface area contributed by atoms with Gasteiger partial charge in [0.15, 0.2) is 0 Å². The highest BCUT2D eigenvalue weighted by molar-refractivity contribution is 7.13. The summed E-state index contributed by atoms with van der Waals surface area (Å²) in [5, 5.41) is 14.8. The first-order valence-corrected chi connectivity index (χ1v) is 11.3. The number of amides is 1. The maximum atomic E-state index is 10.5. The van der Waals surface area contributed by atoms with Gasteiger partial charge in [0.1, 0.15) is 0 Å². The van der Waals surface area contributed by atoms with Crippen LogP contribution >= 0.6 is 22.9 Å². The van der Waals surface area contributed by atoms with Crippen LogP contribution < -0.4 is 5.32 Å². The smallest absolute Gasteiger partial charge is 0.211 e. The van der Waals surface area contributed by atoms with Crippen LogP contribution in [0.2, 0.25) is 5.02 Å². The zero-order valence-corrected chi connectivity index (χ0v) is 19.1. The van der Waals surface area contributed by atoms with Crippen LogP contribution in [0.3, 0.4) is 0 Å². The van der Waals surface area contributed by atoms with Crippen molar-refractivity contribution in [2.45, 2.75) is 31.8 Å². The molecule has 0 atom stereocenters. The monoisotopic (exact) mass is 458 g/mol. The first kappa shape index (κ1) is 23.4. The number of carbonyl (C=O) groups is 1. The molecular formula is C24H27ClN2O3S. The van der Waals surface area contributed by atoms with Gasteiger partial charge in [0.25, 0.3) is 0 Å². The Labute approximate surface area is 192 Å².